The number of carboxylic acid groups (broad SMARTS) is 1. The monoisotopic (exact) mass is 276 g/mol. The van der Waals surface area contributed by atoms with Gasteiger partial charge in [-0.3, -0.25) is 9.48 Å². The smallest absolute Gasteiger partial charge is 0.325 e. The minimum Gasteiger partial charge on any atom is -0.480 e. The fraction of sp³-hybridized carbons (Fsp3) is 0.667. The third kappa shape index (κ3) is 1.91. The van der Waals surface area contributed by atoms with E-state index in [0.29, 0.717) is 0 Å². The third-order valence-electron chi connectivity index (χ3n) is 3.77. The fourth-order valence-electron chi connectivity index (χ4n) is 2.61. The van der Waals surface area contributed by atoms with Gasteiger partial charge in [0.25, 0.3) is 5.92 Å². The summed E-state index contributed by atoms with van der Waals surface area (Å²) in [6, 6.07) is 0. The summed E-state index contributed by atoms with van der Waals surface area (Å²) in [7, 11) is 0. The van der Waals surface area contributed by atoms with Crippen LogP contribution in [-0.4, -0.2) is 20.9 Å². The van der Waals surface area contributed by atoms with E-state index in [1.165, 1.54) is 13.8 Å². The standard InChI is InChI=1S/C12H15F3N2O2/c1-5-6(2)12(14,15)11-9(5)10(7(3)13)16-17(11)4-8(18)19/h5-7H,4H2,1-3H3,(H,18,19). The lowest BCUT2D eigenvalue weighted by Crippen LogP contribution is -2.25. The Kier molecular flexibility index (Phi) is 3.10. The van der Waals surface area contributed by atoms with Crippen molar-refractivity contribution in [2.45, 2.75) is 45.3 Å². The summed E-state index contributed by atoms with van der Waals surface area (Å²) < 4.78 is 42.6. The minimum absolute atomic E-state index is 0.0761. The highest BCUT2D eigenvalue weighted by Gasteiger charge is 2.54. The van der Waals surface area contributed by atoms with Crippen molar-refractivity contribution >= 4 is 5.97 Å². The van der Waals surface area contributed by atoms with Gasteiger partial charge in [0, 0.05) is 11.5 Å². The van der Waals surface area contributed by atoms with Gasteiger partial charge in [0.15, 0.2) is 0 Å². The zero-order chi connectivity index (χ0) is 14.5. The van der Waals surface area contributed by atoms with E-state index in [1.807, 2.05) is 0 Å². The average Bonchev–Trinajstić information content (AvgIpc) is 2.72. The summed E-state index contributed by atoms with van der Waals surface area (Å²) >= 11 is 0. The van der Waals surface area contributed by atoms with Gasteiger partial charge in [-0.2, -0.15) is 13.9 Å². The number of aromatic nitrogens is 2. The lowest BCUT2D eigenvalue weighted by molar-refractivity contribution is -0.138. The molecule has 3 atom stereocenters. The van der Waals surface area contributed by atoms with Crippen LogP contribution in [-0.2, 0) is 17.3 Å². The number of aliphatic carboxylic acids is 1. The number of carboxylic acids is 1. The van der Waals surface area contributed by atoms with E-state index >= 15 is 0 Å². The van der Waals surface area contributed by atoms with Crippen molar-refractivity contribution in [3.8, 4) is 0 Å². The number of nitrogens with zero attached hydrogens (tertiary/aromatic N) is 2. The SMILES string of the molecule is CC(F)c1nn(CC(=O)O)c2c1C(C)C(C)C2(F)F. The molecule has 0 saturated heterocycles. The van der Waals surface area contributed by atoms with Crippen molar-refractivity contribution in [2.24, 2.45) is 5.92 Å². The van der Waals surface area contributed by atoms with Crippen LogP contribution in [0.3, 0.4) is 0 Å². The van der Waals surface area contributed by atoms with Crippen LogP contribution < -0.4 is 0 Å². The molecule has 0 fully saturated rings. The number of fused-ring (bicyclic) bond motifs is 1. The van der Waals surface area contributed by atoms with Crippen molar-refractivity contribution in [2.75, 3.05) is 0 Å². The topological polar surface area (TPSA) is 55.1 Å². The Balaban J connectivity index is 2.66. The van der Waals surface area contributed by atoms with E-state index in [1.54, 1.807) is 6.92 Å². The molecule has 0 aliphatic heterocycles. The second kappa shape index (κ2) is 4.25. The average molecular weight is 276 g/mol. The molecule has 7 heteroatoms. The molecule has 1 aliphatic carbocycles. The van der Waals surface area contributed by atoms with E-state index in [9.17, 15) is 18.0 Å². The zero-order valence-corrected chi connectivity index (χ0v) is 10.8. The van der Waals surface area contributed by atoms with Gasteiger partial charge in [0.1, 0.15) is 24.1 Å². The van der Waals surface area contributed by atoms with Crippen LogP contribution in [0.15, 0.2) is 0 Å². The largest absolute Gasteiger partial charge is 0.480 e. The van der Waals surface area contributed by atoms with Crippen LogP contribution in [0.5, 0.6) is 0 Å². The summed E-state index contributed by atoms with van der Waals surface area (Å²) in [6.45, 7) is 3.48. The van der Waals surface area contributed by atoms with Gasteiger partial charge in [-0.05, 0) is 12.8 Å². The predicted molar refractivity (Wildman–Crippen MR) is 60.9 cm³/mol. The maximum Gasteiger partial charge on any atom is 0.325 e. The molecule has 19 heavy (non-hydrogen) atoms. The lowest BCUT2D eigenvalue weighted by atomic mass is 9.93. The Labute approximate surface area is 108 Å². The first kappa shape index (κ1) is 13.9. The second-order valence-corrected chi connectivity index (χ2v) is 5.02. The van der Waals surface area contributed by atoms with Crippen LogP contribution >= 0.6 is 0 Å². The third-order valence-corrected chi connectivity index (χ3v) is 3.77. The molecule has 0 aromatic carbocycles. The maximum absolute atomic E-state index is 14.2. The van der Waals surface area contributed by atoms with Crippen molar-refractivity contribution in [1.29, 1.82) is 0 Å². The molecule has 3 unspecified atom stereocenters. The Morgan fingerprint density at radius 3 is 2.58 bits per heavy atom. The Hall–Kier alpha value is -1.53. The molecule has 1 aliphatic rings. The summed E-state index contributed by atoms with van der Waals surface area (Å²) in [6.07, 6.45) is -1.51. The van der Waals surface area contributed by atoms with E-state index in [-0.39, 0.29) is 11.3 Å². The maximum atomic E-state index is 14.2. The molecule has 1 N–H and O–H groups in total. The van der Waals surface area contributed by atoms with Gasteiger partial charge in [-0.25, -0.2) is 4.39 Å². The number of hydrogen-bond donors (Lipinski definition) is 1. The molecule has 0 spiro atoms. The van der Waals surface area contributed by atoms with E-state index in [2.05, 4.69) is 5.10 Å². The molecule has 4 nitrogen and oxygen atoms in total. The molecule has 1 heterocycles. The van der Waals surface area contributed by atoms with Crippen LogP contribution in [0.4, 0.5) is 13.2 Å². The first-order chi connectivity index (χ1) is 8.67. The number of rotatable bonds is 3. The van der Waals surface area contributed by atoms with Crippen molar-refractivity contribution in [3.05, 3.63) is 17.0 Å². The van der Waals surface area contributed by atoms with Gasteiger partial charge < -0.3 is 5.11 Å². The second-order valence-electron chi connectivity index (χ2n) is 5.02. The highest BCUT2D eigenvalue weighted by Crippen LogP contribution is 2.54. The molecule has 2 rings (SSSR count). The molecule has 1 aromatic heterocycles. The van der Waals surface area contributed by atoms with E-state index in [0.717, 1.165) is 4.68 Å². The van der Waals surface area contributed by atoms with Crippen LogP contribution in [0.1, 0.15) is 49.8 Å². The minimum atomic E-state index is -3.19. The zero-order valence-electron chi connectivity index (χ0n) is 10.8. The van der Waals surface area contributed by atoms with Crippen molar-refractivity contribution in [3.63, 3.8) is 0 Å². The molecule has 0 saturated carbocycles. The first-order valence-electron chi connectivity index (χ1n) is 6.02. The van der Waals surface area contributed by atoms with Gasteiger partial charge in [-0.1, -0.05) is 13.8 Å². The summed E-state index contributed by atoms with van der Waals surface area (Å²) in [4.78, 5) is 10.7. The molecule has 1 aromatic rings. The number of halogens is 3. The normalized spacial score (nSPS) is 26.2. The molecule has 0 radical (unpaired) electrons. The van der Waals surface area contributed by atoms with Crippen LogP contribution in [0.2, 0.25) is 0 Å². The summed E-state index contributed by atoms with van der Waals surface area (Å²) in [5.74, 6) is -6.03. The van der Waals surface area contributed by atoms with E-state index < -0.39 is 42.1 Å². The van der Waals surface area contributed by atoms with Crippen molar-refractivity contribution in [1.82, 2.24) is 9.78 Å². The number of alkyl halides is 3. The molecular weight excluding hydrogens is 261 g/mol. The van der Waals surface area contributed by atoms with E-state index in [4.69, 9.17) is 5.11 Å². The number of hydrogen-bond acceptors (Lipinski definition) is 2. The number of carbonyl (C=O) groups is 1. The van der Waals surface area contributed by atoms with Gasteiger partial charge in [0.05, 0.1) is 0 Å². The van der Waals surface area contributed by atoms with Crippen LogP contribution in [0, 0.1) is 5.92 Å². The molecule has 0 bridgehead atoms. The Morgan fingerprint density at radius 1 is 1.53 bits per heavy atom. The fourth-order valence-corrected chi connectivity index (χ4v) is 2.61. The summed E-state index contributed by atoms with van der Waals surface area (Å²) in [5, 5.41) is 12.5. The van der Waals surface area contributed by atoms with Gasteiger partial charge in [-0.15, -0.1) is 0 Å². The van der Waals surface area contributed by atoms with Gasteiger partial charge >= 0.3 is 5.97 Å². The quantitative estimate of drug-likeness (QED) is 0.923. The molecular formula is C12H15F3N2O2. The van der Waals surface area contributed by atoms with Gasteiger partial charge in [0.2, 0.25) is 0 Å². The highest BCUT2D eigenvalue weighted by molar-refractivity contribution is 5.66. The Bertz CT molecular complexity index is 525. The summed E-state index contributed by atoms with van der Waals surface area (Å²) in [5.41, 5.74) is -0.365. The Morgan fingerprint density at radius 2 is 2.11 bits per heavy atom. The first-order valence-corrected chi connectivity index (χ1v) is 6.02. The predicted octanol–water partition coefficient (Wildman–Crippen LogP) is 2.84. The van der Waals surface area contributed by atoms with Crippen molar-refractivity contribution < 1.29 is 23.1 Å². The lowest BCUT2D eigenvalue weighted by Gasteiger charge is -2.20. The highest BCUT2D eigenvalue weighted by atomic mass is 19.3. The van der Waals surface area contributed by atoms with Crippen LogP contribution in [0.25, 0.3) is 0 Å². The molecule has 0 amide bonds. The molecule has 106 valence electrons.